The fourth-order valence-electron chi connectivity index (χ4n) is 1.56. The van der Waals surface area contributed by atoms with Gasteiger partial charge in [0.1, 0.15) is 6.61 Å². The molecule has 0 radical (unpaired) electrons. The maximum Gasteiger partial charge on any atom is 0.253 e. The molecule has 1 unspecified atom stereocenters. The van der Waals surface area contributed by atoms with Gasteiger partial charge in [-0.25, -0.2) is 13.1 Å². The molecule has 8 heteroatoms. The number of primary amides is 1. The number of amides is 1. The van der Waals surface area contributed by atoms with E-state index >= 15 is 0 Å². The number of para-hydroxylation sites is 1. The van der Waals surface area contributed by atoms with Crippen LogP contribution in [0.25, 0.3) is 0 Å². The normalized spacial score (nSPS) is 18.4. The summed E-state index contributed by atoms with van der Waals surface area (Å²) in [5, 5.41) is 0. The van der Waals surface area contributed by atoms with Crippen LogP contribution in [-0.2, 0) is 10.0 Å². The van der Waals surface area contributed by atoms with Gasteiger partial charge in [-0.2, -0.15) is 0 Å². The standard InChI is InChI=1S/C10H12N2O5S/c1-12-18(14,15)8-5-16-9-6(10(11)13)3-2-4-7(9)17-8/h2-4,8,12H,5H2,1H3,(H2,11,13). The van der Waals surface area contributed by atoms with Crippen LogP contribution in [0.5, 0.6) is 11.5 Å². The number of hydrogen-bond donors (Lipinski definition) is 2. The predicted octanol–water partition coefficient (Wildman–Crippen LogP) is -0.568. The van der Waals surface area contributed by atoms with Gasteiger partial charge in [0, 0.05) is 0 Å². The van der Waals surface area contributed by atoms with Crippen molar-refractivity contribution in [1.82, 2.24) is 4.72 Å². The van der Waals surface area contributed by atoms with Crippen LogP contribution >= 0.6 is 0 Å². The van der Waals surface area contributed by atoms with Crippen LogP contribution in [0.4, 0.5) is 0 Å². The smallest absolute Gasteiger partial charge is 0.253 e. The molecule has 1 amide bonds. The van der Waals surface area contributed by atoms with E-state index in [1.54, 1.807) is 0 Å². The molecule has 7 nitrogen and oxygen atoms in total. The number of carbonyl (C=O) groups excluding carboxylic acids is 1. The van der Waals surface area contributed by atoms with E-state index in [4.69, 9.17) is 15.2 Å². The van der Waals surface area contributed by atoms with E-state index in [0.29, 0.717) is 0 Å². The summed E-state index contributed by atoms with van der Waals surface area (Å²) in [6.07, 6.45) is 0. The highest BCUT2D eigenvalue weighted by Crippen LogP contribution is 2.35. The largest absolute Gasteiger partial charge is 0.484 e. The summed E-state index contributed by atoms with van der Waals surface area (Å²) in [4.78, 5) is 11.2. The van der Waals surface area contributed by atoms with Crippen LogP contribution < -0.4 is 19.9 Å². The number of ether oxygens (including phenoxy) is 2. The summed E-state index contributed by atoms with van der Waals surface area (Å²) >= 11 is 0. The Kier molecular flexibility index (Phi) is 3.14. The highest BCUT2D eigenvalue weighted by Gasteiger charge is 2.33. The second kappa shape index (κ2) is 4.46. The molecule has 0 aliphatic carbocycles. The lowest BCUT2D eigenvalue weighted by Gasteiger charge is -2.26. The summed E-state index contributed by atoms with van der Waals surface area (Å²) in [6.45, 7) is -0.208. The third-order valence-electron chi connectivity index (χ3n) is 2.50. The van der Waals surface area contributed by atoms with Gasteiger partial charge in [0.05, 0.1) is 5.56 Å². The van der Waals surface area contributed by atoms with Crippen LogP contribution in [0, 0.1) is 0 Å². The molecule has 1 aromatic rings. The number of rotatable bonds is 3. The van der Waals surface area contributed by atoms with Crippen LogP contribution in [0.3, 0.4) is 0 Å². The van der Waals surface area contributed by atoms with Gasteiger partial charge < -0.3 is 15.2 Å². The minimum atomic E-state index is -3.61. The van der Waals surface area contributed by atoms with Crippen molar-refractivity contribution in [2.75, 3.05) is 13.7 Å². The van der Waals surface area contributed by atoms with Crippen molar-refractivity contribution in [2.24, 2.45) is 5.73 Å². The summed E-state index contributed by atoms with van der Waals surface area (Å²) < 4.78 is 35.9. The van der Waals surface area contributed by atoms with E-state index in [0.717, 1.165) is 0 Å². The van der Waals surface area contributed by atoms with Crippen LogP contribution in [-0.4, -0.2) is 33.4 Å². The van der Waals surface area contributed by atoms with E-state index < -0.39 is 21.4 Å². The molecule has 98 valence electrons. The fourth-order valence-corrected chi connectivity index (χ4v) is 2.30. The summed E-state index contributed by atoms with van der Waals surface area (Å²) in [6, 6.07) is 4.53. The molecule has 1 atom stereocenters. The number of fused-ring (bicyclic) bond motifs is 1. The van der Waals surface area contributed by atoms with Crippen molar-refractivity contribution >= 4 is 15.9 Å². The highest BCUT2D eigenvalue weighted by atomic mass is 32.2. The first-order chi connectivity index (χ1) is 8.45. The monoisotopic (exact) mass is 272 g/mol. The van der Waals surface area contributed by atoms with Gasteiger partial charge in [0.2, 0.25) is 5.44 Å². The average molecular weight is 272 g/mol. The Hall–Kier alpha value is -1.80. The molecule has 0 saturated heterocycles. The molecule has 0 spiro atoms. The van der Waals surface area contributed by atoms with Gasteiger partial charge in [-0.1, -0.05) is 6.07 Å². The van der Waals surface area contributed by atoms with Gasteiger partial charge in [0.15, 0.2) is 11.5 Å². The lowest BCUT2D eigenvalue weighted by atomic mass is 10.1. The van der Waals surface area contributed by atoms with Crippen molar-refractivity contribution in [1.29, 1.82) is 0 Å². The van der Waals surface area contributed by atoms with E-state index in [-0.39, 0.29) is 23.7 Å². The van der Waals surface area contributed by atoms with E-state index in [1.807, 2.05) is 0 Å². The average Bonchev–Trinajstić information content (AvgIpc) is 2.37. The summed E-state index contributed by atoms with van der Waals surface area (Å²) in [5.41, 5.74) is 4.18. The molecule has 0 bridgehead atoms. The van der Waals surface area contributed by atoms with Crippen LogP contribution in [0.1, 0.15) is 10.4 Å². The first-order valence-corrected chi connectivity index (χ1v) is 6.65. The zero-order chi connectivity index (χ0) is 13.3. The third kappa shape index (κ3) is 2.12. The first-order valence-electron chi connectivity index (χ1n) is 5.10. The van der Waals surface area contributed by atoms with E-state index in [9.17, 15) is 13.2 Å². The van der Waals surface area contributed by atoms with E-state index in [1.165, 1.54) is 25.2 Å². The zero-order valence-corrected chi connectivity index (χ0v) is 10.4. The Morgan fingerprint density at radius 2 is 2.22 bits per heavy atom. The quantitative estimate of drug-likeness (QED) is 0.766. The lowest BCUT2D eigenvalue weighted by molar-refractivity contribution is 0.0983. The van der Waals surface area contributed by atoms with Crippen LogP contribution in [0.2, 0.25) is 0 Å². The molecule has 3 N–H and O–H groups in total. The highest BCUT2D eigenvalue weighted by molar-refractivity contribution is 7.90. The van der Waals surface area contributed by atoms with Crippen molar-refractivity contribution in [2.45, 2.75) is 5.44 Å². The number of carbonyl (C=O) groups is 1. The summed E-state index contributed by atoms with van der Waals surface area (Å²) in [7, 11) is -2.32. The SMILES string of the molecule is CNS(=O)(=O)C1COc2c(cccc2C(N)=O)O1. The number of benzene rings is 1. The Labute approximate surface area is 104 Å². The van der Waals surface area contributed by atoms with Crippen molar-refractivity contribution in [3.05, 3.63) is 23.8 Å². The Balaban J connectivity index is 2.37. The van der Waals surface area contributed by atoms with Crippen molar-refractivity contribution in [3.8, 4) is 11.5 Å². The Morgan fingerprint density at radius 1 is 1.50 bits per heavy atom. The van der Waals surface area contributed by atoms with Crippen molar-refractivity contribution in [3.63, 3.8) is 0 Å². The molecule has 0 saturated carbocycles. The minimum absolute atomic E-state index is 0.160. The fraction of sp³-hybridized carbons (Fsp3) is 0.300. The molecular weight excluding hydrogens is 260 g/mol. The maximum absolute atomic E-state index is 11.6. The number of nitrogens with two attached hydrogens (primary N) is 1. The lowest BCUT2D eigenvalue weighted by Crippen LogP contribution is -2.42. The minimum Gasteiger partial charge on any atom is -0.484 e. The topological polar surface area (TPSA) is 108 Å². The zero-order valence-electron chi connectivity index (χ0n) is 9.54. The van der Waals surface area contributed by atoms with Gasteiger partial charge >= 0.3 is 0 Å². The number of nitrogens with one attached hydrogen (secondary N) is 1. The molecule has 0 aromatic heterocycles. The second-order valence-corrected chi connectivity index (χ2v) is 5.63. The molecule has 1 heterocycles. The first kappa shape index (κ1) is 12.7. The van der Waals surface area contributed by atoms with Gasteiger partial charge in [0.25, 0.3) is 15.9 Å². The van der Waals surface area contributed by atoms with Gasteiger partial charge in [-0.15, -0.1) is 0 Å². The van der Waals surface area contributed by atoms with Crippen molar-refractivity contribution < 1.29 is 22.7 Å². The third-order valence-corrected chi connectivity index (χ3v) is 3.99. The number of hydrogen-bond acceptors (Lipinski definition) is 5. The molecule has 2 rings (SSSR count). The molecular formula is C10H12N2O5S. The maximum atomic E-state index is 11.6. The van der Waals surface area contributed by atoms with Gasteiger partial charge in [-0.05, 0) is 19.2 Å². The van der Waals surface area contributed by atoms with E-state index in [2.05, 4.69) is 4.72 Å². The molecule has 1 aromatic carbocycles. The number of sulfonamides is 1. The predicted molar refractivity (Wildman–Crippen MR) is 62.9 cm³/mol. The molecule has 1 aliphatic rings. The Morgan fingerprint density at radius 3 is 2.83 bits per heavy atom. The van der Waals surface area contributed by atoms with Gasteiger partial charge in [-0.3, -0.25) is 4.79 Å². The van der Waals surface area contributed by atoms with Crippen LogP contribution in [0.15, 0.2) is 18.2 Å². The summed E-state index contributed by atoms with van der Waals surface area (Å²) in [5.74, 6) is -0.306. The molecule has 18 heavy (non-hydrogen) atoms. The Bertz CT molecular complexity index is 584. The molecule has 0 fully saturated rings. The molecule has 1 aliphatic heterocycles. The second-order valence-electron chi connectivity index (χ2n) is 3.60.